The van der Waals surface area contributed by atoms with Crippen molar-refractivity contribution in [3.8, 4) is 5.75 Å². The summed E-state index contributed by atoms with van der Waals surface area (Å²) >= 11 is 0. The molecular weight excluding hydrogens is 438 g/mol. The van der Waals surface area contributed by atoms with Crippen molar-refractivity contribution >= 4 is 27.9 Å². The minimum absolute atomic E-state index is 0.0538. The maximum atomic E-state index is 13.3. The van der Waals surface area contributed by atoms with Gasteiger partial charge in [0.05, 0.1) is 12.7 Å². The van der Waals surface area contributed by atoms with Crippen molar-refractivity contribution in [3.05, 3.63) is 23.8 Å². The third kappa shape index (κ3) is 6.67. The number of nitrogens with one attached hydrogen (secondary N) is 2. The zero-order valence-corrected chi connectivity index (χ0v) is 19.8. The molecule has 1 fully saturated rings. The number of carbonyl (C=O) groups excluding carboxylic acids is 3. The Hall–Kier alpha value is -2.66. The van der Waals surface area contributed by atoms with Crippen LogP contribution in [0.5, 0.6) is 5.75 Å². The number of sulfonamides is 1. The van der Waals surface area contributed by atoms with Gasteiger partial charge < -0.3 is 14.8 Å². The van der Waals surface area contributed by atoms with Crippen LogP contribution in [0.2, 0.25) is 0 Å². The van der Waals surface area contributed by atoms with E-state index in [0.29, 0.717) is 13.1 Å². The second-order valence-corrected chi connectivity index (χ2v) is 10.3. The summed E-state index contributed by atoms with van der Waals surface area (Å²) in [6.45, 7) is 7.51. The molecule has 3 amide bonds. The van der Waals surface area contributed by atoms with Crippen molar-refractivity contribution in [2.75, 3.05) is 26.8 Å². The molecule has 1 saturated heterocycles. The molecule has 1 aromatic rings. The fourth-order valence-electron chi connectivity index (χ4n) is 3.62. The van der Waals surface area contributed by atoms with E-state index in [9.17, 15) is 22.8 Å². The topological polar surface area (TPSA) is 131 Å². The Bertz CT molecular complexity index is 952. The fourth-order valence-corrected chi connectivity index (χ4v) is 5.48. The van der Waals surface area contributed by atoms with Gasteiger partial charge in [0.15, 0.2) is 6.61 Å². The number of benzene rings is 1. The molecule has 0 aliphatic carbocycles. The number of methoxy groups -OCH3 is 1. The van der Waals surface area contributed by atoms with E-state index < -0.39 is 34.5 Å². The molecule has 11 heteroatoms. The number of imide groups is 1. The number of esters is 1. The van der Waals surface area contributed by atoms with Gasteiger partial charge in [-0.3, -0.25) is 10.1 Å². The largest absolute Gasteiger partial charge is 0.495 e. The van der Waals surface area contributed by atoms with E-state index in [1.54, 1.807) is 13.8 Å². The molecule has 32 heavy (non-hydrogen) atoms. The Morgan fingerprint density at radius 1 is 1.16 bits per heavy atom. The smallest absolute Gasteiger partial charge is 0.338 e. The Morgan fingerprint density at radius 2 is 1.78 bits per heavy atom. The van der Waals surface area contributed by atoms with Crippen LogP contribution >= 0.6 is 0 Å². The van der Waals surface area contributed by atoms with Gasteiger partial charge in [0.25, 0.3) is 5.91 Å². The predicted octanol–water partition coefficient (Wildman–Crippen LogP) is 1.75. The van der Waals surface area contributed by atoms with Crippen molar-refractivity contribution in [1.29, 1.82) is 0 Å². The average Bonchev–Trinajstić information content (AvgIpc) is 2.70. The predicted molar refractivity (Wildman–Crippen MR) is 117 cm³/mol. The van der Waals surface area contributed by atoms with Crippen LogP contribution in [0.15, 0.2) is 23.1 Å². The molecule has 10 nitrogen and oxygen atoms in total. The SMILES string of the molecule is COc1ccc(C(=O)OCC(=O)NC(=O)NC(C)C)cc1S(=O)(=O)N1CC(C)CC(C)C1. The zero-order valence-electron chi connectivity index (χ0n) is 19.0. The number of ether oxygens (including phenoxy) is 2. The third-order valence-electron chi connectivity index (χ3n) is 4.86. The normalized spacial score (nSPS) is 19.3. The molecule has 2 atom stereocenters. The van der Waals surface area contributed by atoms with E-state index in [1.165, 1.54) is 29.6 Å². The van der Waals surface area contributed by atoms with E-state index in [-0.39, 0.29) is 34.1 Å². The molecule has 1 heterocycles. The summed E-state index contributed by atoms with van der Waals surface area (Å²) in [4.78, 5) is 35.6. The lowest BCUT2D eigenvalue weighted by Crippen LogP contribution is -2.44. The lowest BCUT2D eigenvalue weighted by atomic mass is 9.94. The molecule has 178 valence electrons. The molecular formula is C21H31N3O7S. The van der Waals surface area contributed by atoms with Crippen LogP contribution < -0.4 is 15.4 Å². The van der Waals surface area contributed by atoms with Crippen molar-refractivity contribution in [2.24, 2.45) is 11.8 Å². The molecule has 0 spiro atoms. The summed E-state index contributed by atoms with van der Waals surface area (Å²) in [5.74, 6) is -1.19. The molecule has 2 unspecified atom stereocenters. The average molecular weight is 470 g/mol. The van der Waals surface area contributed by atoms with Crippen LogP contribution in [0.3, 0.4) is 0 Å². The van der Waals surface area contributed by atoms with E-state index in [4.69, 9.17) is 9.47 Å². The lowest BCUT2D eigenvalue weighted by Gasteiger charge is -2.34. The van der Waals surface area contributed by atoms with Gasteiger partial charge >= 0.3 is 12.0 Å². The number of carbonyl (C=O) groups is 3. The Labute approximate surface area is 188 Å². The first-order valence-electron chi connectivity index (χ1n) is 10.4. The standard InChI is InChI=1S/C21H31N3O7S/c1-13(2)22-21(27)23-19(25)12-31-20(26)16-6-7-17(30-5)18(9-16)32(28,29)24-10-14(3)8-15(4)11-24/h6-7,9,13-15H,8,10-12H2,1-5H3,(H2,22,23,25,27). The summed E-state index contributed by atoms with van der Waals surface area (Å²) in [6, 6.07) is 3.03. The molecule has 1 aromatic carbocycles. The van der Waals surface area contributed by atoms with Crippen LogP contribution in [0.25, 0.3) is 0 Å². The first kappa shape index (κ1) is 25.6. The first-order chi connectivity index (χ1) is 14.9. The van der Waals surface area contributed by atoms with Gasteiger partial charge in [-0.2, -0.15) is 4.31 Å². The van der Waals surface area contributed by atoms with Crippen molar-refractivity contribution in [2.45, 2.75) is 45.1 Å². The van der Waals surface area contributed by atoms with Crippen LogP contribution in [-0.2, 0) is 19.6 Å². The van der Waals surface area contributed by atoms with E-state index in [1.807, 2.05) is 19.2 Å². The minimum atomic E-state index is -3.92. The fraction of sp³-hybridized carbons (Fsp3) is 0.571. The monoisotopic (exact) mass is 469 g/mol. The number of rotatable bonds is 7. The molecule has 1 aliphatic rings. The maximum absolute atomic E-state index is 13.3. The van der Waals surface area contributed by atoms with Crippen molar-refractivity contribution < 1.29 is 32.3 Å². The van der Waals surface area contributed by atoms with Crippen molar-refractivity contribution in [1.82, 2.24) is 14.9 Å². The minimum Gasteiger partial charge on any atom is -0.495 e. The van der Waals surface area contributed by atoms with E-state index >= 15 is 0 Å². The lowest BCUT2D eigenvalue weighted by molar-refractivity contribution is -0.123. The second-order valence-electron chi connectivity index (χ2n) is 8.39. The molecule has 2 N–H and O–H groups in total. The van der Waals surface area contributed by atoms with Gasteiger partial charge in [0.1, 0.15) is 10.6 Å². The summed E-state index contributed by atoms with van der Waals surface area (Å²) in [7, 11) is -2.57. The number of amides is 3. The van der Waals surface area contributed by atoms with E-state index in [2.05, 4.69) is 5.32 Å². The quantitative estimate of drug-likeness (QED) is 0.582. The molecule has 0 saturated carbocycles. The highest BCUT2D eigenvalue weighted by molar-refractivity contribution is 7.89. The van der Waals surface area contributed by atoms with Gasteiger partial charge in [0, 0.05) is 19.1 Å². The van der Waals surface area contributed by atoms with Crippen molar-refractivity contribution in [3.63, 3.8) is 0 Å². The Balaban J connectivity index is 2.16. The number of urea groups is 1. The van der Waals surface area contributed by atoms with Crippen LogP contribution in [0, 0.1) is 11.8 Å². The van der Waals surface area contributed by atoms with Gasteiger partial charge in [-0.1, -0.05) is 13.8 Å². The van der Waals surface area contributed by atoms with Gasteiger partial charge in [0.2, 0.25) is 10.0 Å². The van der Waals surface area contributed by atoms with Crippen LogP contribution in [0.1, 0.15) is 44.5 Å². The van der Waals surface area contributed by atoms with Gasteiger partial charge in [-0.25, -0.2) is 18.0 Å². The molecule has 0 bridgehead atoms. The Kier molecular flexibility index (Phi) is 8.62. The Morgan fingerprint density at radius 3 is 2.34 bits per heavy atom. The summed E-state index contributed by atoms with van der Waals surface area (Å²) in [5.41, 5.74) is -0.0538. The van der Waals surface area contributed by atoms with E-state index in [0.717, 1.165) is 6.42 Å². The van der Waals surface area contributed by atoms with Crippen LogP contribution in [-0.4, -0.2) is 63.5 Å². The number of piperidine rings is 1. The number of hydrogen-bond donors (Lipinski definition) is 2. The zero-order chi connectivity index (χ0) is 24.1. The highest BCUT2D eigenvalue weighted by Crippen LogP contribution is 2.32. The van der Waals surface area contributed by atoms with Gasteiger partial charge in [-0.15, -0.1) is 0 Å². The number of nitrogens with zero attached hydrogens (tertiary/aromatic N) is 1. The number of hydrogen-bond acceptors (Lipinski definition) is 7. The summed E-state index contributed by atoms with van der Waals surface area (Å²) in [5, 5.41) is 4.50. The summed E-state index contributed by atoms with van der Waals surface area (Å²) < 4.78 is 38.1. The molecule has 1 aliphatic heterocycles. The summed E-state index contributed by atoms with van der Waals surface area (Å²) in [6.07, 6.45) is 0.937. The first-order valence-corrected chi connectivity index (χ1v) is 11.8. The molecule has 0 aromatic heterocycles. The molecule has 0 radical (unpaired) electrons. The third-order valence-corrected chi connectivity index (χ3v) is 6.71. The highest BCUT2D eigenvalue weighted by atomic mass is 32.2. The van der Waals surface area contributed by atoms with Crippen LogP contribution in [0.4, 0.5) is 4.79 Å². The maximum Gasteiger partial charge on any atom is 0.338 e. The van der Waals surface area contributed by atoms with Gasteiger partial charge in [-0.05, 0) is 50.3 Å². The second kappa shape index (κ2) is 10.8. The molecule has 2 rings (SSSR count). The highest BCUT2D eigenvalue weighted by Gasteiger charge is 2.34.